The Hall–Kier alpha value is -3.65. The van der Waals surface area contributed by atoms with Gasteiger partial charge < -0.3 is 9.73 Å². The van der Waals surface area contributed by atoms with Crippen molar-refractivity contribution in [1.82, 2.24) is 19.7 Å². The van der Waals surface area contributed by atoms with Crippen LogP contribution < -0.4 is 10.9 Å². The SMILES string of the molecule is CCCc1cc(=O)[nH]c(-n2nc(-c3ccco3)cc2NC(=O)c2ccccc2Cl)n1. The summed E-state index contributed by atoms with van der Waals surface area (Å²) < 4.78 is 6.78. The summed E-state index contributed by atoms with van der Waals surface area (Å²) >= 11 is 6.15. The molecule has 4 rings (SSSR count). The number of nitrogens with zero attached hydrogens (tertiary/aromatic N) is 3. The van der Waals surface area contributed by atoms with Crippen LogP contribution in [0.4, 0.5) is 5.82 Å². The normalized spacial score (nSPS) is 10.9. The van der Waals surface area contributed by atoms with E-state index in [0.29, 0.717) is 40.0 Å². The van der Waals surface area contributed by atoms with Gasteiger partial charge in [0.15, 0.2) is 5.76 Å². The van der Waals surface area contributed by atoms with E-state index in [4.69, 9.17) is 16.0 Å². The molecule has 0 saturated carbocycles. The zero-order valence-corrected chi connectivity index (χ0v) is 16.8. The van der Waals surface area contributed by atoms with Gasteiger partial charge in [-0.3, -0.25) is 14.6 Å². The van der Waals surface area contributed by atoms with E-state index in [2.05, 4.69) is 20.4 Å². The molecule has 9 heteroatoms. The van der Waals surface area contributed by atoms with Crippen molar-refractivity contribution < 1.29 is 9.21 Å². The molecule has 0 saturated heterocycles. The maximum Gasteiger partial charge on any atom is 0.258 e. The van der Waals surface area contributed by atoms with E-state index in [1.54, 1.807) is 42.5 Å². The van der Waals surface area contributed by atoms with Crippen LogP contribution in [0.3, 0.4) is 0 Å². The number of carbonyl (C=O) groups is 1. The Morgan fingerprint density at radius 1 is 1.23 bits per heavy atom. The van der Waals surface area contributed by atoms with Gasteiger partial charge in [0.05, 0.1) is 16.8 Å². The number of halogens is 1. The van der Waals surface area contributed by atoms with Crippen molar-refractivity contribution in [1.29, 1.82) is 0 Å². The van der Waals surface area contributed by atoms with Crippen molar-refractivity contribution in [2.24, 2.45) is 0 Å². The first-order valence-corrected chi connectivity index (χ1v) is 9.73. The van der Waals surface area contributed by atoms with Gasteiger partial charge in [-0.15, -0.1) is 0 Å². The molecule has 4 aromatic rings. The number of anilines is 1. The highest BCUT2D eigenvalue weighted by Crippen LogP contribution is 2.25. The average Bonchev–Trinajstić information content (AvgIpc) is 3.38. The Bertz CT molecular complexity index is 1240. The third-order valence-electron chi connectivity index (χ3n) is 4.33. The standard InChI is InChI=1S/C21H18ClN5O3/c1-2-6-13-11-19(28)25-21(23-13)27-18(12-16(26-27)17-9-5-10-30-17)24-20(29)14-7-3-4-8-15(14)22/h3-5,7-12H,2,6H2,1H3,(H,24,29)(H,23,25,28). The topological polar surface area (TPSA) is 106 Å². The lowest BCUT2D eigenvalue weighted by Crippen LogP contribution is -2.19. The number of aromatic nitrogens is 4. The minimum atomic E-state index is -0.417. The average molecular weight is 424 g/mol. The minimum Gasteiger partial charge on any atom is -0.463 e. The summed E-state index contributed by atoms with van der Waals surface area (Å²) in [6, 6.07) is 13.3. The van der Waals surface area contributed by atoms with Crippen molar-refractivity contribution in [2.75, 3.05) is 5.32 Å². The molecule has 0 radical (unpaired) electrons. The molecule has 1 amide bonds. The molecule has 3 aromatic heterocycles. The highest BCUT2D eigenvalue weighted by atomic mass is 35.5. The van der Waals surface area contributed by atoms with E-state index >= 15 is 0 Å². The van der Waals surface area contributed by atoms with Crippen LogP contribution >= 0.6 is 11.6 Å². The fraction of sp³-hybridized carbons (Fsp3) is 0.143. The highest BCUT2D eigenvalue weighted by Gasteiger charge is 2.19. The lowest BCUT2D eigenvalue weighted by Gasteiger charge is -2.09. The Balaban J connectivity index is 1.79. The molecule has 0 bridgehead atoms. The summed E-state index contributed by atoms with van der Waals surface area (Å²) in [4.78, 5) is 32.1. The van der Waals surface area contributed by atoms with E-state index in [0.717, 1.165) is 6.42 Å². The molecule has 0 spiro atoms. The van der Waals surface area contributed by atoms with E-state index in [1.165, 1.54) is 17.0 Å². The van der Waals surface area contributed by atoms with Crippen molar-refractivity contribution in [3.63, 3.8) is 0 Å². The van der Waals surface area contributed by atoms with Crippen molar-refractivity contribution >= 4 is 23.3 Å². The number of nitrogens with one attached hydrogen (secondary N) is 2. The van der Waals surface area contributed by atoms with Gasteiger partial charge in [-0.05, 0) is 30.7 Å². The number of amides is 1. The van der Waals surface area contributed by atoms with Gasteiger partial charge in [0.25, 0.3) is 11.5 Å². The summed E-state index contributed by atoms with van der Waals surface area (Å²) in [5.41, 5.74) is 1.11. The molecule has 152 valence electrons. The number of furan rings is 1. The summed E-state index contributed by atoms with van der Waals surface area (Å²) in [5, 5.41) is 7.59. The number of aryl methyl sites for hydroxylation is 1. The first-order valence-electron chi connectivity index (χ1n) is 9.35. The van der Waals surface area contributed by atoms with Gasteiger partial charge in [-0.2, -0.15) is 9.78 Å². The molecule has 3 heterocycles. The van der Waals surface area contributed by atoms with Gasteiger partial charge >= 0.3 is 0 Å². The molecule has 0 aliphatic heterocycles. The quantitative estimate of drug-likeness (QED) is 0.486. The number of carbonyl (C=O) groups excluding carboxylic acids is 1. The molecule has 0 unspecified atom stereocenters. The number of benzene rings is 1. The molecule has 8 nitrogen and oxygen atoms in total. The minimum absolute atomic E-state index is 0.193. The zero-order chi connectivity index (χ0) is 21.1. The molecule has 0 aliphatic carbocycles. The molecule has 0 aliphatic rings. The van der Waals surface area contributed by atoms with E-state index in [-0.39, 0.29) is 11.5 Å². The number of H-pyrrole nitrogens is 1. The van der Waals surface area contributed by atoms with Crippen LogP contribution in [-0.4, -0.2) is 25.7 Å². The number of hydrogen-bond acceptors (Lipinski definition) is 5. The third kappa shape index (κ3) is 4.04. The van der Waals surface area contributed by atoms with Gasteiger partial charge in [-0.25, -0.2) is 4.98 Å². The van der Waals surface area contributed by atoms with Crippen LogP contribution in [0.1, 0.15) is 29.4 Å². The van der Waals surface area contributed by atoms with E-state index in [9.17, 15) is 9.59 Å². The maximum absolute atomic E-state index is 12.8. The molecule has 30 heavy (non-hydrogen) atoms. The summed E-state index contributed by atoms with van der Waals surface area (Å²) in [6.45, 7) is 2.00. The van der Waals surface area contributed by atoms with E-state index in [1.807, 2.05) is 6.92 Å². The largest absolute Gasteiger partial charge is 0.463 e. The number of hydrogen-bond donors (Lipinski definition) is 2. The molecule has 0 fully saturated rings. The molecule has 2 N–H and O–H groups in total. The van der Waals surface area contributed by atoms with Gasteiger partial charge in [0.1, 0.15) is 11.5 Å². The molecule has 1 aromatic carbocycles. The fourth-order valence-electron chi connectivity index (χ4n) is 2.98. The first kappa shape index (κ1) is 19.7. The summed E-state index contributed by atoms with van der Waals surface area (Å²) in [6.07, 6.45) is 3.01. The number of rotatable bonds is 6. The molecular formula is C21H18ClN5O3. The van der Waals surface area contributed by atoms with Gasteiger partial charge in [0, 0.05) is 17.8 Å². The van der Waals surface area contributed by atoms with Crippen molar-refractivity contribution in [3.05, 3.63) is 81.4 Å². The Labute approximate surface area is 176 Å². The Kier molecular flexibility index (Phi) is 5.49. The second-order valence-corrected chi connectivity index (χ2v) is 6.96. The monoisotopic (exact) mass is 423 g/mol. The second kappa shape index (κ2) is 8.38. The van der Waals surface area contributed by atoms with Crippen LogP contribution in [0.5, 0.6) is 0 Å². The van der Waals surface area contributed by atoms with E-state index < -0.39 is 5.91 Å². The maximum atomic E-state index is 12.8. The van der Waals surface area contributed by atoms with Gasteiger partial charge in [0.2, 0.25) is 5.95 Å². The van der Waals surface area contributed by atoms with Crippen LogP contribution in [0.15, 0.2) is 64.0 Å². The lowest BCUT2D eigenvalue weighted by atomic mass is 10.2. The highest BCUT2D eigenvalue weighted by molar-refractivity contribution is 6.34. The van der Waals surface area contributed by atoms with Crippen molar-refractivity contribution in [3.8, 4) is 17.4 Å². The smallest absolute Gasteiger partial charge is 0.258 e. The van der Waals surface area contributed by atoms with Crippen molar-refractivity contribution in [2.45, 2.75) is 19.8 Å². The predicted molar refractivity (Wildman–Crippen MR) is 113 cm³/mol. The number of aromatic amines is 1. The van der Waals surface area contributed by atoms with Crippen LogP contribution in [0, 0.1) is 0 Å². The Morgan fingerprint density at radius 2 is 2.07 bits per heavy atom. The second-order valence-electron chi connectivity index (χ2n) is 6.55. The fourth-order valence-corrected chi connectivity index (χ4v) is 3.21. The zero-order valence-electron chi connectivity index (χ0n) is 16.1. The predicted octanol–water partition coefficient (Wildman–Crippen LogP) is 4.07. The molecular weight excluding hydrogens is 406 g/mol. The van der Waals surface area contributed by atoms with Crippen LogP contribution in [0.25, 0.3) is 17.4 Å². The summed E-state index contributed by atoms with van der Waals surface area (Å²) in [5.74, 6) is 0.593. The lowest BCUT2D eigenvalue weighted by molar-refractivity contribution is 0.102. The van der Waals surface area contributed by atoms with Gasteiger partial charge in [-0.1, -0.05) is 37.1 Å². The molecule has 0 atom stereocenters. The van der Waals surface area contributed by atoms with Crippen LogP contribution in [-0.2, 0) is 6.42 Å². The third-order valence-corrected chi connectivity index (χ3v) is 4.66. The summed E-state index contributed by atoms with van der Waals surface area (Å²) in [7, 11) is 0. The first-order chi connectivity index (χ1) is 14.5. The Morgan fingerprint density at radius 3 is 2.80 bits per heavy atom. The van der Waals surface area contributed by atoms with Crippen LogP contribution in [0.2, 0.25) is 5.02 Å².